The molecule has 0 saturated heterocycles. The van der Waals surface area contributed by atoms with Crippen LogP contribution < -0.4 is 0 Å². The minimum Gasteiger partial charge on any atom is -0.433 e. The summed E-state index contributed by atoms with van der Waals surface area (Å²) in [5.41, 5.74) is 2.61. The average Bonchev–Trinajstić information content (AvgIpc) is 2.85. The zero-order valence-electron chi connectivity index (χ0n) is 13.6. The number of hydrogen-bond acceptors (Lipinski definition) is 1. The van der Waals surface area contributed by atoms with Gasteiger partial charge in [0.05, 0.1) is 5.92 Å². The Bertz CT molecular complexity index is 648. The highest BCUT2D eigenvalue weighted by Crippen LogP contribution is 2.30. The molecule has 0 amide bonds. The molecule has 0 spiro atoms. The molecular weight excluding hydrogens is 270 g/mol. The Balaban J connectivity index is 1.76. The number of nitrogens with zero attached hydrogens (tertiary/aromatic N) is 1. The summed E-state index contributed by atoms with van der Waals surface area (Å²) < 4.78 is 8.65. The summed E-state index contributed by atoms with van der Waals surface area (Å²) in [7, 11) is 2.14. The van der Waals surface area contributed by atoms with Gasteiger partial charge in [-0.15, -0.1) is 0 Å². The molecule has 2 heteroatoms. The minimum absolute atomic E-state index is 0.124. The molecule has 0 saturated carbocycles. The Labute approximate surface area is 133 Å². The van der Waals surface area contributed by atoms with Gasteiger partial charge in [0.25, 0.3) is 0 Å². The van der Waals surface area contributed by atoms with E-state index in [0.717, 1.165) is 12.3 Å². The molecule has 2 aromatic rings. The van der Waals surface area contributed by atoms with Crippen LogP contribution in [0.5, 0.6) is 0 Å². The maximum Gasteiger partial charge on any atom is 0.340 e. The van der Waals surface area contributed by atoms with Gasteiger partial charge >= 0.3 is 5.90 Å². The van der Waals surface area contributed by atoms with Crippen LogP contribution in [0.1, 0.15) is 31.1 Å². The third kappa shape index (κ3) is 2.92. The van der Waals surface area contributed by atoms with E-state index in [9.17, 15) is 0 Å². The minimum atomic E-state index is 0.124. The Morgan fingerprint density at radius 3 is 2.23 bits per heavy atom. The number of likely N-dealkylation sites (N-methyl/N-ethyl adjacent to an activating group) is 1. The van der Waals surface area contributed by atoms with Crippen LogP contribution >= 0.6 is 0 Å². The highest BCUT2D eigenvalue weighted by atomic mass is 16.5. The van der Waals surface area contributed by atoms with Gasteiger partial charge in [-0.25, -0.2) is 0 Å². The maximum atomic E-state index is 6.35. The van der Waals surface area contributed by atoms with Crippen LogP contribution in [0, 0.1) is 5.92 Å². The van der Waals surface area contributed by atoms with Crippen molar-refractivity contribution in [3.8, 4) is 0 Å². The number of hydrogen-bond donors (Lipinski definition) is 0. The van der Waals surface area contributed by atoms with Crippen molar-refractivity contribution < 1.29 is 9.31 Å². The number of rotatable bonds is 4. The van der Waals surface area contributed by atoms with Crippen LogP contribution in [0.4, 0.5) is 0 Å². The fourth-order valence-electron chi connectivity index (χ4n) is 3.22. The zero-order chi connectivity index (χ0) is 15.5. The van der Waals surface area contributed by atoms with E-state index in [1.54, 1.807) is 0 Å². The summed E-state index contributed by atoms with van der Waals surface area (Å²) in [5.74, 6) is 1.48. The van der Waals surface area contributed by atoms with Gasteiger partial charge in [-0.05, 0) is 24.5 Å². The largest absolute Gasteiger partial charge is 0.433 e. The molecular formula is C20H24NO+. The van der Waals surface area contributed by atoms with E-state index in [0.29, 0.717) is 12.0 Å². The van der Waals surface area contributed by atoms with Crippen molar-refractivity contribution in [1.82, 2.24) is 0 Å². The Morgan fingerprint density at radius 1 is 1.00 bits per heavy atom. The predicted molar refractivity (Wildman–Crippen MR) is 90.2 cm³/mol. The van der Waals surface area contributed by atoms with E-state index < -0.39 is 0 Å². The lowest BCUT2D eigenvalue weighted by molar-refractivity contribution is -0.529. The molecule has 3 atom stereocenters. The first-order valence-corrected chi connectivity index (χ1v) is 8.02. The van der Waals surface area contributed by atoms with Crippen molar-refractivity contribution in [1.29, 1.82) is 0 Å². The van der Waals surface area contributed by atoms with Crippen molar-refractivity contribution in [2.75, 3.05) is 7.05 Å². The number of ether oxygens (including phenoxy) is 1. The van der Waals surface area contributed by atoms with Gasteiger partial charge in [0.1, 0.15) is 7.05 Å². The number of benzene rings is 2. The Kier molecular flexibility index (Phi) is 4.28. The van der Waals surface area contributed by atoms with Crippen molar-refractivity contribution in [2.24, 2.45) is 5.92 Å². The van der Waals surface area contributed by atoms with Gasteiger partial charge in [-0.2, -0.15) is 4.58 Å². The normalized spacial score (nSPS) is 22.5. The van der Waals surface area contributed by atoms with Crippen LogP contribution in [0.25, 0.3) is 0 Å². The van der Waals surface area contributed by atoms with E-state index in [-0.39, 0.29) is 6.10 Å². The van der Waals surface area contributed by atoms with Crippen LogP contribution in [0.15, 0.2) is 60.7 Å². The first-order valence-electron chi connectivity index (χ1n) is 8.02. The van der Waals surface area contributed by atoms with Crippen molar-refractivity contribution in [2.45, 2.75) is 32.4 Å². The summed E-state index contributed by atoms with van der Waals surface area (Å²) in [4.78, 5) is 0. The first-order chi connectivity index (χ1) is 10.7. The monoisotopic (exact) mass is 294 g/mol. The molecule has 0 aromatic heterocycles. The van der Waals surface area contributed by atoms with Crippen LogP contribution in [-0.2, 0) is 11.2 Å². The molecule has 0 radical (unpaired) electrons. The molecule has 0 bridgehead atoms. The van der Waals surface area contributed by atoms with Gasteiger partial charge in [-0.1, -0.05) is 60.7 Å². The Morgan fingerprint density at radius 2 is 1.59 bits per heavy atom. The highest BCUT2D eigenvalue weighted by Gasteiger charge is 2.41. The standard InChI is InChI=1S/C20H24NO/c1-15(14-17-10-6-4-7-11-17)20-21(3)16(2)19(22-20)18-12-8-5-9-13-18/h4-13,15-16,19H,14H2,1-3H3/q+1/t15-,16-,19-/m0/s1. The second kappa shape index (κ2) is 6.35. The lowest BCUT2D eigenvalue weighted by Gasteiger charge is -2.13. The fraction of sp³-hybridized carbons (Fsp3) is 0.350. The van der Waals surface area contributed by atoms with E-state index in [2.05, 4.69) is 86.1 Å². The van der Waals surface area contributed by atoms with E-state index in [1.165, 1.54) is 11.1 Å². The quantitative estimate of drug-likeness (QED) is 0.774. The second-order valence-electron chi connectivity index (χ2n) is 6.23. The molecule has 1 aliphatic heterocycles. The SMILES string of the molecule is C[C@@H](Cc1ccccc1)C1=[N+](C)[C@@H](C)[C@@H](c2ccccc2)O1. The summed E-state index contributed by atoms with van der Waals surface area (Å²) in [6.07, 6.45) is 1.13. The lowest BCUT2D eigenvalue weighted by atomic mass is 10.0. The second-order valence-corrected chi connectivity index (χ2v) is 6.23. The molecule has 22 heavy (non-hydrogen) atoms. The lowest BCUT2D eigenvalue weighted by Crippen LogP contribution is -2.24. The summed E-state index contributed by atoms with van der Waals surface area (Å²) >= 11 is 0. The van der Waals surface area contributed by atoms with Crippen LogP contribution in [0.2, 0.25) is 0 Å². The van der Waals surface area contributed by atoms with Gasteiger partial charge in [0, 0.05) is 6.92 Å². The third-order valence-electron chi connectivity index (χ3n) is 4.58. The molecule has 114 valence electrons. The van der Waals surface area contributed by atoms with Gasteiger partial charge in [0.15, 0.2) is 12.1 Å². The molecule has 0 fully saturated rings. The molecule has 1 aliphatic rings. The van der Waals surface area contributed by atoms with Gasteiger partial charge < -0.3 is 4.74 Å². The zero-order valence-corrected chi connectivity index (χ0v) is 13.6. The first kappa shape index (κ1) is 14.8. The average molecular weight is 294 g/mol. The van der Waals surface area contributed by atoms with E-state index in [1.807, 2.05) is 0 Å². The van der Waals surface area contributed by atoms with Crippen molar-refractivity contribution in [3.63, 3.8) is 0 Å². The maximum absolute atomic E-state index is 6.35. The molecule has 3 rings (SSSR count). The fourth-order valence-corrected chi connectivity index (χ4v) is 3.22. The molecule has 0 aliphatic carbocycles. The van der Waals surface area contributed by atoms with E-state index in [4.69, 9.17) is 4.74 Å². The summed E-state index contributed by atoms with van der Waals surface area (Å²) in [6, 6.07) is 21.5. The summed E-state index contributed by atoms with van der Waals surface area (Å²) in [6.45, 7) is 4.48. The molecule has 2 nitrogen and oxygen atoms in total. The van der Waals surface area contributed by atoms with Gasteiger partial charge in [0.2, 0.25) is 0 Å². The Hall–Kier alpha value is -2.09. The topological polar surface area (TPSA) is 12.2 Å². The summed E-state index contributed by atoms with van der Waals surface area (Å²) in [5, 5.41) is 0. The molecule has 1 heterocycles. The van der Waals surface area contributed by atoms with Gasteiger partial charge in [-0.3, -0.25) is 0 Å². The molecule has 2 aromatic carbocycles. The highest BCUT2D eigenvalue weighted by molar-refractivity contribution is 5.75. The third-order valence-corrected chi connectivity index (χ3v) is 4.58. The smallest absolute Gasteiger partial charge is 0.340 e. The molecule has 0 N–H and O–H groups in total. The van der Waals surface area contributed by atoms with E-state index >= 15 is 0 Å². The van der Waals surface area contributed by atoms with Crippen LogP contribution in [-0.4, -0.2) is 23.6 Å². The predicted octanol–water partition coefficient (Wildman–Crippen LogP) is 4.07. The van der Waals surface area contributed by atoms with Crippen LogP contribution in [0.3, 0.4) is 0 Å². The van der Waals surface area contributed by atoms with Crippen molar-refractivity contribution >= 4 is 5.90 Å². The molecule has 0 unspecified atom stereocenters. The van der Waals surface area contributed by atoms with Crippen molar-refractivity contribution in [3.05, 3.63) is 71.8 Å².